The minimum absolute atomic E-state index is 0.156. The number of aliphatic carboxylic acids is 2. The number of rotatable bonds is 10. The fourth-order valence-electron chi connectivity index (χ4n) is 3.02. The molecule has 0 atom stereocenters. The van der Waals surface area contributed by atoms with Gasteiger partial charge in [0.25, 0.3) is 0 Å². The highest BCUT2D eigenvalue weighted by Crippen LogP contribution is 2.18. The molecule has 2 aliphatic heterocycles. The lowest BCUT2D eigenvalue weighted by Gasteiger charge is -2.26. The molecule has 0 unspecified atom stereocenters. The molecule has 33 heavy (non-hydrogen) atoms. The van der Waals surface area contributed by atoms with Gasteiger partial charge in [0.15, 0.2) is 0 Å². The summed E-state index contributed by atoms with van der Waals surface area (Å²) in [6.45, 7) is 10.1. The van der Waals surface area contributed by atoms with Crippen LogP contribution in [0.5, 0.6) is 0 Å². The number of amidine groups is 2. The van der Waals surface area contributed by atoms with E-state index in [2.05, 4.69) is 9.98 Å². The Morgan fingerprint density at radius 1 is 0.818 bits per heavy atom. The third-order valence-electron chi connectivity index (χ3n) is 5.72. The zero-order chi connectivity index (χ0) is 25.3. The Morgan fingerprint density at radius 3 is 1.39 bits per heavy atom. The van der Waals surface area contributed by atoms with Crippen molar-refractivity contribution in [3.63, 3.8) is 0 Å². The Morgan fingerprint density at radius 2 is 1.18 bits per heavy atom. The molecule has 0 aliphatic carbocycles. The molecule has 0 aromatic carbocycles. The molecule has 0 fully saturated rings. The van der Waals surface area contributed by atoms with Gasteiger partial charge in [-0.2, -0.15) is 0 Å². The van der Waals surface area contributed by atoms with Crippen LogP contribution >= 0.6 is 0 Å². The highest BCUT2D eigenvalue weighted by molar-refractivity contribution is 5.81. The molecule has 192 valence electrons. The lowest BCUT2D eigenvalue weighted by atomic mass is 9.88. The molecule has 0 amide bonds. The number of aliphatic hydroxyl groups is 3. The van der Waals surface area contributed by atoms with Crippen LogP contribution in [0.15, 0.2) is 9.98 Å². The van der Waals surface area contributed by atoms with E-state index in [9.17, 15) is 9.59 Å². The van der Waals surface area contributed by atoms with Gasteiger partial charge in [0.1, 0.15) is 0 Å². The van der Waals surface area contributed by atoms with Crippen LogP contribution in [0.3, 0.4) is 0 Å². The summed E-state index contributed by atoms with van der Waals surface area (Å²) in [5.41, 5.74) is -0.667. The summed E-state index contributed by atoms with van der Waals surface area (Å²) in [5, 5.41) is 42.9. The Balaban J connectivity index is 0.000000472. The lowest BCUT2D eigenvalue weighted by Crippen LogP contribution is -2.35. The van der Waals surface area contributed by atoms with E-state index in [4.69, 9.17) is 25.5 Å². The highest BCUT2D eigenvalue weighted by atomic mass is 16.4. The maximum Gasteiger partial charge on any atom is 0.305 e. The Bertz CT molecular complexity index is 575. The largest absolute Gasteiger partial charge is 0.481 e. The number of carboxylic acids is 2. The smallest absolute Gasteiger partial charge is 0.305 e. The van der Waals surface area contributed by atoms with Gasteiger partial charge in [-0.1, -0.05) is 6.92 Å². The summed E-state index contributed by atoms with van der Waals surface area (Å²) in [6.07, 6.45) is 3.07. The third-order valence-corrected chi connectivity index (χ3v) is 5.72. The molecule has 0 bridgehead atoms. The number of aliphatic imine (C=N–C) groups is 2. The van der Waals surface area contributed by atoms with Gasteiger partial charge in [-0.05, 0) is 33.1 Å². The predicted molar refractivity (Wildman–Crippen MR) is 127 cm³/mol. The van der Waals surface area contributed by atoms with Gasteiger partial charge in [0.05, 0.1) is 44.3 Å². The summed E-state index contributed by atoms with van der Waals surface area (Å²) >= 11 is 0. The van der Waals surface area contributed by atoms with Gasteiger partial charge in [0.2, 0.25) is 0 Å². The van der Waals surface area contributed by atoms with E-state index < -0.39 is 17.4 Å². The van der Waals surface area contributed by atoms with Crippen LogP contribution in [-0.4, -0.2) is 118 Å². The quantitative estimate of drug-likeness (QED) is 0.303. The number of carboxylic acid groups (broad SMARTS) is 2. The molecule has 0 saturated carbocycles. The number of nitrogens with zero attached hydrogens (tertiary/aromatic N) is 4. The summed E-state index contributed by atoms with van der Waals surface area (Å²) in [5.74, 6) is 0.465. The molecule has 11 nitrogen and oxygen atoms in total. The van der Waals surface area contributed by atoms with Gasteiger partial charge in [-0.15, -0.1) is 0 Å². The number of carbonyl (C=O) groups is 2. The van der Waals surface area contributed by atoms with Gasteiger partial charge >= 0.3 is 11.9 Å². The molecule has 0 spiro atoms. The summed E-state index contributed by atoms with van der Waals surface area (Å²) < 4.78 is 0. The second-order valence-corrected chi connectivity index (χ2v) is 8.15. The molecule has 0 radical (unpaired) electrons. The van der Waals surface area contributed by atoms with Gasteiger partial charge in [-0.25, -0.2) is 0 Å². The molecule has 5 N–H and O–H groups in total. The van der Waals surface area contributed by atoms with Crippen molar-refractivity contribution >= 4 is 23.6 Å². The minimum atomic E-state index is -0.742. The Labute approximate surface area is 196 Å². The monoisotopic (exact) mass is 474 g/mol. The fraction of sp³-hybridized carbons (Fsp3) is 0.818. The van der Waals surface area contributed by atoms with Crippen LogP contribution in [0.2, 0.25) is 0 Å². The van der Waals surface area contributed by atoms with Gasteiger partial charge in [-0.3, -0.25) is 19.6 Å². The van der Waals surface area contributed by atoms with Crippen LogP contribution in [0.4, 0.5) is 0 Å². The van der Waals surface area contributed by atoms with Crippen LogP contribution in [0.25, 0.3) is 0 Å². The Kier molecular flexibility index (Phi) is 16.1. The van der Waals surface area contributed by atoms with Crippen molar-refractivity contribution in [2.24, 2.45) is 15.4 Å². The third kappa shape index (κ3) is 13.2. The number of aliphatic hydroxyl groups excluding tert-OH is 3. The molecular weight excluding hydrogens is 432 g/mol. The van der Waals surface area contributed by atoms with E-state index in [0.717, 1.165) is 50.7 Å². The van der Waals surface area contributed by atoms with E-state index in [1.807, 2.05) is 30.6 Å². The van der Waals surface area contributed by atoms with Gasteiger partial charge < -0.3 is 35.3 Å². The van der Waals surface area contributed by atoms with Crippen molar-refractivity contribution in [1.82, 2.24) is 9.80 Å². The average Bonchev–Trinajstić information content (AvgIpc) is 2.81. The van der Waals surface area contributed by atoms with E-state index in [1.165, 1.54) is 0 Å². The molecule has 2 rings (SSSR count). The zero-order valence-electron chi connectivity index (χ0n) is 20.2. The van der Waals surface area contributed by atoms with E-state index in [1.54, 1.807) is 0 Å². The second-order valence-electron chi connectivity index (χ2n) is 8.15. The van der Waals surface area contributed by atoms with Crippen LogP contribution in [0.1, 0.15) is 52.9 Å². The first-order chi connectivity index (χ1) is 15.6. The van der Waals surface area contributed by atoms with Crippen LogP contribution in [-0.2, 0) is 9.59 Å². The van der Waals surface area contributed by atoms with Crippen LogP contribution in [0, 0.1) is 5.41 Å². The maximum atomic E-state index is 10.3. The van der Waals surface area contributed by atoms with Crippen molar-refractivity contribution in [2.45, 2.75) is 52.9 Å². The average molecular weight is 475 g/mol. The molecule has 0 saturated heterocycles. The SMILES string of the molecule is CC1=NCCCN1CCC(=O)O.CC1=NCCCN1CCC(=O)O.CCC(CO)(CO)CO. The maximum absolute atomic E-state index is 10.3. The minimum Gasteiger partial charge on any atom is -0.481 e. The van der Waals surface area contributed by atoms with Crippen molar-refractivity contribution in [3.05, 3.63) is 0 Å². The van der Waals surface area contributed by atoms with Crippen molar-refractivity contribution in [2.75, 3.05) is 59.1 Å². The first-order valence-corrected chi connectivity index (χ1v) is 11.4. The molecule has 0 aromatic heterocycles. The number of hydrogen-bond donors (Lipinski definition) is 5. The van der Waals surface area contributed by atoms with Crippen LogP contribution < -0.4 is 0 Å². The zero-order valence-corrected chi connectivity index (χ0v) is 20.2. The fourth-order valence-corrected chi connectivity index (χ4v) is 3.02. The normalized spacial score (nSPS) is 15.9. The predicted octanol–water partition coefficient (Wildman–Crippen LogP) is 0.530. The summed E-state index contributed by atoms with van der Waals surface area (Å²) in [6, 6.07) is 0. The first kappa shape index (κ1) is 30.8. The first-order valence-electron chi connectivity index (χ1n) is 11.4. The molecule has 2 aliphatic rings. The van der Waals surface area contributed by atoms with E-state index in [-0.39, 0.29) is 32.7 Å². The molecule has 2 heterocycles. The lowest BCUT2D eigenvalue weighted by molar-refractivity contribution is -0.138. The van der Waals surface area contributed by atoms with Crippen molar-refractivity contribution in [3.8, 4) is 0 Å². The number of hydrogen-bond acceptors (Lipinski definition) is 9. The van der Waals surface area contributed by atoms with Crippen molar-refractivity contribution < 1.29 is 35.1 Å². The standard InChI is InChI=1S/2C8H14N2O2.C6H14O3/c2*1-7-9-4-2-5-10(7)6-3-8(11)12;1-2-6(3-7,4-8)5-9/h2*2-6H2,1H3,(H,11,12);7-9H,2-5H2,1H3. The second kappa shape index (κ2) is 17.3. The van der Waals surface area contributed by atoms with E-state index in [0.29, 0.717) is 19.5 Å². The summed E-state index contributed by atoms with van der Waals surface area (Å²) in [7, 11) is 0. The Hall–Kier alpha value is -2.24. The topological polar surface area (TPSA) is 166 Å². The highest BCUT2D eigenvalue weighted by Gasteiger charge is 2.24. The van der Waals surface area contributed by atoms with Gasteiger partial charge in [0, 0.05) is 44.7 Å². The molecule has 0 aromatic rings. The van der Waals surface area contributed by atoms with E-state index >= 15 is 0 Å². The molecule has 11 heteroatoms. The van der Waals surface area contributed by atoms with Crippen molar-refractivity contribution in [1.29, 1.82) is 0 Å². The molecular formula is C22H42N4O7. The summed E-state index contributed by atoms with van der Waals surface area (Å²) in [4.78, 5) is 33.1.